The van der Waals surface area contributed by atoms with Crippen molar-refractivity contribution in [3.63, 3.8) is 0 Å². The zero-order valence-corrected chi connectivity index (χ0v) is 13.6. The maximum Gasteiger partial charge on any atom is 0.223 e. The number of hydrogen-bond acceptors (Lipinski definition) is 3. The summed E-state index contributed by atoms with van der Waals surface area (Å²) >= 11 is 5.86. The van der Waals surface area contributed by atoms with Crippen LogP contribution in [0.3, 0.4) is 0 Å². The molecule has 2 rings (SSSR count). The molecule has 4 nitrogen and oxygen atoms in total. The number of amides is 1. The number of hydrogen-bond donors (Lipinski definition) is 2. The number of nitrogens with one attached hydrogen (secondary N) is 1. The Balaban J connectivity index is 0.00000220. The maximum atomic E-state index is 12.1. The molecule has 118 valence electrons. The highest BCUT2D eigenvalue weighted by Gasteiger charge is 2.28. The molecular formula is C15H22Cl2N2O2. The van der Waals surface area contributed by atoms with Gasteiger partial charge in [-0.2, -0.15) is 0 Å². The normalized spacial score (nSPS) is 22.4. The van der Waals surface area contributed by atoms with E-state index in [0.717, 1.165) is 24.8 Å². The van der Waals surface area contributed by atoms with Gasteiger partial charge >= 0.3 is 0 Å². The first-order valence-corrected chi connectivity index (χ1v) is 7.29. The Morgan fingerprint density at radius 1 is 1.43 bits per heavy atom. The summed E-state index contributed by atoms with van der Waals surface area (Å²) in [5.41, 5.74) is 6.83. The van der Waals surface area contributed by atoms with E-state index in [0.29, 0.717) is 11.6 Å². The van der Waals surface area contributed by atoms with Crippen LogP contribution >= 0.6 is 24.0 Å². The number of rotatable bonds is 5. The molecule has 0 heterocycles. The van der Waals surface area contributed by atoms with Gasteiger partial charge in [0, 0.05) is 30.6 Å². The van der Waals surface area contributed by atoms with E-state index in [4.69, 9.17) is 22.1 Å². The second-order valence-electron chi connectivity index (χ2n) is 5.29. The van der Waals surface area contributed by atoms with Gasteiger partial charge in [-0.05, 0) is 37.0 Å². The largest absolute Gasteiger partial charge is 0.375 e. The fourth-order valence-corrected chi connectivity index (χ4v) is 2.73. The van der Waals surface area contributed by atoms with E-state index >= 15 is 0 Å². The van der Waals surface area contributed by atoms with Gasteiger partial charge in [0.15, 0.2) is 0 Å². The van der Waals surface area contributed by atoms with Gasteiger partial charge < -0.3 is 15.8 Å². The Labute approximate surface area is 136 Å². The fraction of sp³-hybridized carbons (Fsp3) is 0.533. The average Bonchev–Trinajstić information content (AvgIpc) is 2.88. The third-order valence-corrected chi connectivity index (χ3v) is 4.08. The summed E-state index contributed by atoms with van der Waals surface area (Å²) in [5.74, 6) is 0.127. The van der Waals surface area contributed by atoms with E-state index in [1.807, 2.05) is 24.3 Å². The van der Waals surface area contributed by atoms with Crippen molar-refractivity contribution < 1.29 is 9.53 Å². The van der Waals surface area contributed by atoms with Crippen LogP contribution in [0.2, 0.25) is 5.02 Å². The Bertz CT molecular complexity index is 453. The summed E-state index contributed by atoms with van der Waals surface area (Å²) < 4.78 is 5.43. The van der Waals surface area contributed by atoms with Crippen LogP contribution in [0.15, 0.2) is 24.3 Å². The SMILES string of the molecule is COC(CNC(=O)C1CCC(N)C1)c1ccc(Cl)cc1.Cl. The van der Waals surface area contributed by atoms with Crippen LogP contribution in [-0.4, -0.2) is 25.6 Å². The molecule has 1 amide bonds. The summed E-state index contributed by atoms with van der Waals surface area (Å²) in [5, 5.41) is 3.64. The molecule has 0 radical (unpaired) electrons. The van der Waals surface area contributed by atoms with Crippen LogP contribution in [-0.2, 0) is 9.53 Å². The second kappa shape index (κ2) is 8.59. The van der Waals surface area contributed by atoms with Crippen LogP contribution in [0.25, 0.3) is 0 Å². The van der Waals surface area contributed by atoms with Crippen LogP contribution in [0.1, 0.15) is 30.9 Å². The number of carbonyl (C=O) groups excluding carboxylic acids is 1. The van der Waals surface area contributed by atoms with Crippen LogP contribution in [0, 0.1) is 5.92 Å². The monoisotopic (exact) mass is 332 g/mol. The topological polar surface area (TPSA) is 64.3 Å². The van der Waals surface area contributed by atoms with E-state index < -0.39 is 0 Å². The molecule has 3 N–H and O–H groups in total. The Morgan fingerprint density at radius 2 is 2.10 bits per heavy atom. The Hall–Kier alpha value is -0.810. The van der Waals surface area contributed by atoms with E-state index in [1.165, 1.54) is 0 Å². The van der Waals surface area contributed by atoms with Crippen molar-refractivity contribution in [2.24, 2.45) is 11.7 Å². The lowest BCUT2D eigenvalue weighted by molar-refractivity contribution is -0.125. The molecule has 3 atom stereocenters. The highest BCUT2D eigenvalue weighted by atomic mass is 35.5. The number of nitrogens with two attached hydrogens (primary N) is 1. The number of halogens is 2. The molecule has 3 unspecified atom stereocenters. The first-order chi connectivity index (χ1) is 9.60. The minimum atomic E-state index is -0.161. The number of methoxy groups -OCH3 is 1. The number of carbonyl (C=O) groups is 1. The van der Waals surface area contributed by atoms with Crippen LogP contribution in [0.4, 0.5) is 0 Å². The van der Waals surface area contributed by atoms with Gasteiger partial charge in [-0.25, -0.2) is 0 Å². The minimum Gasteiger partial charge on any atom is -0.375 e. The van der Waals surface area contributed by atoms with E-state index in [1.54, 1.807) is 7.11 Å². The maximum absolute atomic E-state index is 12.1. The Morgan fingerprint density at radius 3 is 2.62 bits per heavy atom. The van der Waals surface area contributed by atoms with Gasteiger partial charge in [-0.1, -0.05) is 23.7 Å². The summed E-state index contributed by atoms with van der Waals surface area (Å²) in [6, 6.07) is 7.63. The number of benzene rings is 1. The van der Waals surface area contributed by atoms with E-state index in [2.05, 4.69) is 5.32 Å². The van der Waals surface area contributed by atoms with Crippen molar-refractivity contribution in [2.45, 2.75) is 31.4 Å². The molecule has 1 aliphatic carbocycles. The van der Waals surface area contributed by atoms with Crippen molar-refractivity contribution >= 4 is 29.9 Å². The first-order valence-electron chi connectivity index (χ1n) is 6.91. The molecule has 1 aromatic rings. The highest BCUT2D eigenvalue weighted by Crippen LogP contribution is 2.24. The molecule has 0 spiro atoms. The predicted octanol–water partition coefficient (Wildman–Crippen LogP) is 2.69. The quantitative estimate of drug-likeness (QED) is 0.871. The summed E-state index contributed by atoms with van der Waals surface area (Å²) in [6.45, 7) is 0.461. The molecule has 1 saturated carbocycles. The average molecular weight is 333 g/mol. The van der Waals surface area contributed by atoms with E-state index in [9.17, 15) is 4.79 Å². The zero-order chi connectivity index (χ0) is 14.5. The van der Waals surface area contributed by atoms with Crippen molar-refractivity contribution in [1.29, 1.82) is 0 Å². The lowest BCUT2D eigenvalue weighted by Crippen LogP contribution is -2.34. The van der Waals surface area contributed by atoms with Crippen molar-refractivity contribution in [2.75, 3.05) is 13.7 Å². The van der Waals surface area contributed by atoms with Gasteiger partial charge in [0.25, 0.3) is 0 Å². The van der Waals surface area contributed by atoms with Gasteiger partial charge in [0.2, 0.25) is 5.91 Å². The zero-order valence-electron chi connectivity index (χ0n) is 12.0. The number of ether oxygens (including phenoxy) is 1. The molecule has 0 bridgehead atoms. The van der Waals surface area contributed by atoms with Gasteiger partial charge in [-0.3, -0.25) is 4.79 Å². The van der Waals surface area contributed by atoms with Gasteiger partial charge in [0.1, 0.15) is 0 Å². The second-order valence-corrected chi connectivity index (χ2v) is 5.73. The lowest BCUT2D eigenvalue weighted by atomic mass is 10.1. The highest BCUT2D eigenvalue weighted by molar-refractivity contribution is 6.30. The van der Waals surface area contributed by atoms with Crippen molar-refractivity contribution in [3.8, 4) is 0 Å². The minimum absolute atomic E-state index is 0. The summed E-state index contributed by atoms with van der Waals surface area (Å²) in [7, 11) is 1.64. The molecule has 1 aromatic carbocycles. The third-order valence-electron chi connectivity index (χ3n) is 3.83. The first kappa shape index (κ1) is 18.2. The summed E-state index contributed by atoms with van der Waals surface area (Å²) in [4.78, 5) is 12.1. The fourth-order valence-electron chi connectivity index (χ4n) is 2.61. The van der Waals surface area contributed by atoms with Crippen molar-refractivity contribution in [1.82, 2.24) is 5.32 Å². The molecule has 6 heteroatoms. The molecule has 1 aliphatic rings. The molecular weight excluding hydrogens is 311 g/mol. The van der Waals surface area contributed by atoms with Crippen LogP contribution < -0.4 is 11.1 Å². The van der Waals surface area contributed by atoms with Crippen LogP contribution in [0.5, 0.6) is 0 Å². The predicted molar refractivity (Wildman–Crippen MR) is 86.8 cm³/mol. The summed E-state index contributed by atoms with van der Waals surface area (Å²) in [6.07, 6.45) is 2.44. The lowest BCUT2D eigenvalue weighted by Gasteiger charge is -2.18. The molecule has 0 saturated heterocycles. The third kappa shape index (κ3) is 5.15. The molecule has 1 fully saturated rings. The standard InChI is InChI=1S/C15H21ClN2O2.ClH/c1-20-14(10-2-5-12(16)6-3-10)9-18-15(19)11-4-7-13(17)8-11;/h2-3,5-6,11,13-14H,4,7-9,17H2,1H3,(H,18,19);1H. The van der Waals surface area contributed by atoms with Gasteiger partial charge in [0.05, 0.1) is 6.10 Å². The smallest absolute Gasteiger partial charge is 0.223 e. The molecule has 0 aromatic heterocycles. The van der Waals surface area contributed by atoms with E-state index in [-0.39, 0.29) is 36.4 Å². The molecule has 0 aliphatic heterocycles. The molecule has 21 heavy (non-hydrogen) atoms. The Kier molecular flexibility index (Phi) is 7.46. The van der Waals surface area contributed by atoms with Gasteiger partial charge in [-0.15, -0.1) is 12.4 Å². The van der Waals surface area contributed by atoms with Crippen molar-refractivity contribution in [3.05, 3.63) is 34.9 Å².